The van der Waals surface area contributed by atoms with Crippen LogP contribution in [-0.4, -0.2) is 29.3 Å². The standard InChI is InChI=1S/C9H6F3IN2O5/c1-19-7(16)2-4-8(15(17)18)5(3-6(13)14-4)20-9(10,11)12/h3H,2H2,1H3. The van der Waals surface area contributed by atoms with Crippen LogP contribution in [0.15, 0.2) is 6.07 Å². The summed E-state index contributed by atoms with van der Waals surface area (Å²) in [5.74, 6) is -1.90. The number of esters is 1. The van der Waals surface area contributed by atoms with Crippen LogP contribution in [0, 0.1) is 13.8 Å². The van der Waals surface area contributed by atoms with Gasteiger partial charge in [0, 0.05) is 6.07 Å². The van der Waals surface area contributed by atoms with E-state index in [0.717, 1.165) is 13.2 Å². The predicted octanol–water partition coefficient (Wildman–Crippen LogP) is 2.21. The Kier molecular flexibility index (Phi) is 5.08. The molecular weight excluding hydrogens is 400 g/mol. The van der Waals surface area contributed by atoms with E-state index >= 15 is 0 Å². The molecule has 1 rings (SSSR count). The number of rotatable bonds is 4. The molecule has 0 fully saturated rings. The first-order valence-corrected chi connectivity index (χ1v) is 5.88. The Balaban J connectivity index is 3.36. The Labute approximate surface area is 123 Å². The molecule has 0 saturated carbocycles. The van der Waals surface area contributed by atoms with Gasteiger partial charge in [-0.05, 0) is 22.6 Å². The Hall–Kier alpha value is -1.66. The van der Waals surface area contributed by atoms with Gasteiger partial charge in [-0.3, -0.25) is 14.9 Å². The van der Waals surface area contributed by atoms with Crippen molar-refractivity contribution in [1.29, 1.82) is 0 Å². The number of methoxy groups -OCH3 is 1. The fraction of sp³-hybridized carbons (Fsp3) is 0.333. The van der Waals surface area contributed by atoms with Crippen LogP contribution in [0.1, 0.15) is 5.69 Å². The number of alkyl halides is 3. The van der Waals surface area contributed by atoms with Crippen molar-refractivity contribution >= 4 is 34.2 Å². The first-order valence-electron chi connectivity index (χ1n) is 4.80. The van der Waals surface area contributed by atoms with Crippen LogP contribution in [-0.2, 0) is 16.0 Å². The number of hydrogen-bond donors (Lipinski definition) is 0. The third-order valence-electron chi connectivity index (χ3n) is 1.95. The highest BCUT2D eigenvalue weighted by molar-refractivity contribution is 14.1. The highest BCUT2D eigenvalue weighted by Crippen LogP contribution is 2.35. The summed E-state index contributed by atoms with van der Waals surface area (Å²) in [6.45, 7) is 0. The average molecular weight is 406 g/mol. The Morgan fingerprint density at radius 1 is 1.55 bits per heavy atom. The van der Waals surface area contributed by atoms with Gasteiger partial charge in [0.05, 0.1) is 18.5 Å². The SMILES string of the molecule is COC(=O)Cc1nc(I)cc(OC(F)(F)F)c1[N+](=O)[O-]. The maximum absolute atomic E-state index is 12.2. The Morgan fingerprint density at radius 3 is 2.60 bits per heavy atom. The van der Waals surface area contributed by atoms with Gasteiger partial charge in [-0.1, -0.05) is 0 Å². The van der Waals surface area contributed by atoms with Gasteiger partial charge in [-0.2, -0.15) is 0 Å². The van der Waals surface area contributed by atoms with Gasteiger partial charge in [-0.25, -0.2) is 4.98 Å². The number of pyridine rings is 1. The molecule has 0 spiro atoms. The molecule has 0 aliphatic carbocycles. The van der Waals surface area contributed by atoms with E-state index in [1.54, 1.807) is 22.6 Å². The van der Waals surface area contributed by atoms with Crippen LogP contribution in [0.4, 0.5) is 18.9 Å². The van der Waals surface area contributed by atoms with Gasteiger partial charge < -0.3 is 9.47 Å². The summed E-state index contributed by atoms with van der Waals surface area (Å²) in [7, 11) is 1.04. The van der Waals surface area contributed by atoms with Crippen LogP contribution in [0.2, 0.25) is 0 Å². The van der Waals surface area contributed by atoms with Crippen LogP contribution < -0.4 is 4.74 Å². The van der Waals surface area contributed by atoms with E-state index in [-0.39, 0.29) is 3.70 Å². The van der Waals surface area contributed by atoms with E-state index in [2.05, 4.69) is 14.5 Å². The summed E-state index contributed by atoms with van der Waals surface area (Å²) in [6.07, 6.45) is -5.74. The highest BCUT2D eigenvalue weighted by Gasteiger charge is 2.36. The molecule has 0 radical (unpaired) electrons. The molecule has 0 aliphatic heterocycles. The van der Waals surface area contributed by atoms with Crippen molar-refractivity contribution in [3.8, 4) is 5.75 Å². The minimum absolute atomic E-state index is 0.00588. The zero-order valence-corrected chi connectivity index (χ0v) is 11.9. The smallest absolute Gasteiger partial charge is 0.469 e. The van der Waals surface area contributed by atoms with Crippen molar-refractivity contribution in [2.45, 2.75) is 12.8 Å². The van der Waals surface area contributed by atoms with Gasteiger partial charge in [0.1, 0.15) is 9.39 Å². The van der Waals surface area contributed by atoms with E-state index in [1.807, 2.05) is 0 Å². The third-order valence-corrected chi connectivity index (χ3v) is 2.50. The molecule has 7 nitrogen and oxygen atoms in total. The molecule has 0 unspecified atom stereocenters. The fourth-order valence-corrected chi connectivity index (χ4v) is 1.84. The second-order valence-corrected chi connectivity index (χ2v) is 4.40. The number of carbonyl (C=O) groups excluding carboxylic acids is 1. The normalized spacial score (nSPS) is 11.1. The number of carbonyl (C=O) groups is 1. The summed E-state index contributed by atoms with van der Waals surface area (Å²) in [5, 5.41) is 10.9. The first-order chi connectivity index (χ1) is 9.14. The molecule has 0 aliphatic rings. The summed E-state index contributed by atoms with van der Waals surface area (Å²) in [5.41, 5.74) is -1.49. The summed E-state index contributed by atoms with van der Waals surface area (Å²) in [4.78, 5) is 24.6. The zero-order valence-electron chi connectivity index (χ0n) is 9.73. The highest BCUT2D eigenvalue weighted by atomic mass is 127. The molecule has 0 amide bonds. The lowest BCUT2D eigenvalue weighted by Crippen LogP contribution is -2.19. The molecular formula is C9H6F3IN2O5. The third kappa shape index (κ3) is 4.47. The van der Waals surface area contributed by atoms with Crippen molar-refractivity contribution in [1.82, 2.24) is 4.98 Å². The number of ether oxygens (including phenoxy) is 2. The summed E-state index contributed by atoms with van der Waals surface area (Å²) < 4.78 is 44.6. The molecule has 1 aromatic rings. The fourth-order valence-electron chi connectivity index (χ4n) is 1.26. The lowest BCUT2D eigenvalue weighted by atomic mass is 10.2. The van der Waals surface area contributed by atoms with E-state index in [4.69, 9.17) is 0 Å². The van der Waals surface area contributed by atoms with Gasteiger partial charge >= 0.3 is 18.0 Å². The monoisotopic (exact) mass is 406 g/mol. The second kappa shape index (κ2) is 6.19. The number of aromatic nitrogens is 1. The molecule has 0 aromatic carbocycles. The largest absolute Gasteiger partial charge is 0.573 e. The molecule has 1 heterocycles. The number of nitro groups is 1. The van der Waals surface area contributed by atoms with Crippen LogP contribution in [0.25, 0.3) is 0 Å². The van der Waals surface area contributed by atoms with Gasteiger partial charge in [0.2, 0.25) is 5.75 Å². The molecule has 20 heavy (non-hydrogen) atoms. The van der Waals surface area contributed by atoms with E-state index in [1.165, 1.54) is 0 Å². The average Bonchev–Trinajstić information content (AvgIpc) is 2.24. The minimum Gasteiger partial charge on any atom is -0.469 e. The van der Waals surface area contributed by atoms with E-state index in [9.17, 15) is 28.1 Å². The Morgan fingerprint density at radius 2 is 2.15 bits per heavy atom. The van der Waals surface area contributed by atoms with E-state index < -0.39 is 40.8 Å². The maximum atomic E-state index is 12.2. The molecule has 11 heteroatoms. The van der Waals surface area contributed by atoms with Crippen molar-refractivity contribution < 1.29 is 32.4 Å². The lowest BCUT2D eigenvalue weighted by Gasteiger charge is -2.11. The van der Waals surface area contributed by atoms with Crippen molar-refractivity contribution in [3.63, 3.8) is 0 Å². The number of halogens is 4. The molecule has 0 bridgehead atoms. The lowest BCUT2D eigenvalue weighted by molar-refractivity contribution is -0.389. The molecule has 0 atom stereocenters. The van der Waals surface area contributed by atoms with Gasteiger partial charge in [-0.15, -0.1) is 13.2 Å². The quantitative estimate of drug-likeness (QED) is 0.250. The summed E-state index contributed by atoms with van der Waals surface area (Å²) in [6, 6.07) is 0.757. The van der Waals surface area contributed by atoms with E-state index in [0.29, 0.717) is 0 Å². The van der Waals surface area contributed by atoms with Crippen molar-refractivity contribution in [2.75, 3.05) is 7.11 Å². The topological polar surface area (TPSA) is 91.6 Å². The van der Waals surface area contributed by atoms with Gasteiger partial charge in [0.25, 0.3) is 0 Å². The molecule has 0 N–H and O–H groups in total. The number of nitrogens with zero attached hydrogens (tertiary/aromatic N) is 2. The van der Waals surface area contributed by atoms with Crippen molar-refractivity contribution in [2.24, 2.45) is 0 Å². The maximum Gasteiger partial charge on any atom is 0.573 e. The van der Waals surface area contributed by atoms with Crippen LogP contribution in [0.3, 0.4) is 0 Å². The second-order valence-electron chi connectivity index (χ2n) is 3.30. The predicted molar refractivity (Wildman–Crippen MR) is 66.0 cm³/mol. The van der Waals surface area contributed by atoms with Crippen LogP contribution in [0.5, 0.6) is 5.75 Å². The first kappa shape index (κ1) is 16.4. The number of hydrogen-bond acceptors (Lipinski definition) is 6. The zero-order chi connectivity index (χ0) is 15.5. The van der Waals surface area contributed by atoms with Gasteiger partial charge in [0.15, 0.2) is 0 Å². The van der Waals surface area contributed by atoms with Crippen LogP contribution >= 0.6 is 22.6 Å². The molecule has 0 saturated heterocycles. The minimum atomic E-state index is -5.10. The summed E-state index contributed by atoms with van der Waals surface area (Å²) >= 11 is 1.55. The van der Waals surface area contributed by atoms with Crippen molar-refractivity contribution in [3.05, 3.63) is 25.6 Å². The Bertz CT molecular complexity index is 549. The molecule has 1 aromatic heterocycles. The molecule has 110 valence electrons.